The van der Waals surface area contributed by atoms with Crippen molar-refractivity contribution in [2.75, 3.05) is 0 Å². The first-order valence-corrected chi connectivity index (χ1v) is 10.8. The van der Waals surface area contributed by atoms with E-state index in [4.69, 9.17) is 11.6 Å². The number of hydrogen-bond acceptors (Lipinski definition) is 2. The Bertz CT molecular complexity index is 819. The van der Waals surface area contributed by atoms with Crippen LogP contribution in [0.5, 0.6) is 0 Å². The second-order valence-corrected chi connectivity index (χ2v) is 8.24. The third-order valence-electron chi connectivity index (χ3n) is 5.58. The molecule has 4 nitrogen and oxygen atoms in total. The van der Waals surface area contributed by atoms with Gasteiger partial charge in [-0.15, -0.1) is 0 Å². The highest BCUT2D eigenvalue weighted by Crippen LogP contribution is 2.19. The second-order valence-electron chi connectivity index (χ2n) is 7.80. The molecular weight excluding hydrogens is 384 g/mol. The van der Waals surface area contributed by atoms with Crippen LogP contribution in [-0.4, -0.2) is 28.8 Å². The first-order valence-electron chi connectivity index (χ1n) is 10.4. The first kappa shape index (κ1) is 21.4. The fourth-order valence-corrected chi connectivity index (χ4v) is 4.06. The van der Waals surface area contributed by atoms with E-state index in [1.807, 2.05) is 61.5 Å². The Morgan fingerprint density at radius 3 is 2.45 bits per heavy atom. The number of carbonyl (C=O) groups excluding carboxylic acids is 2. The minimum absolute atomic E-state index is 0.0251. The SMILES string of the molecule is C[C@@H](C(=O)NC1CCCC1)N(Cc1cccc(Cl)c1)C(=O)CCc1ccccc1. The molecule has 0 aliphatic heterocycles. The molecule has 0 radical (unpaired) electrons. The smallest absolute Gasteiger partial charge is 0.242 e. The number of carbonyl (C=O) groups is 2. The maximum absolute atomic E-state index is 13.1. The number of amides is 2. The zero-order valence-corrected chi connectivity index (χ0v) is 17.7. The molecule has 5 heteroatoms. The lowest BCUT2D eigenvalue weighted by molar-refractivity contribution is -0.140. The lowest BCUT2D eigenvalue weighted by Gasteiger charge is -2.30. The van der Waals surface area contributed by atoms with E-state index in [0.717, 1.165) is 36.8 Å². The van der Waals surface area contributed by atoms with Crippen molar-refractivity contribution in [3.05, 3.63) is 70.7 Å². The molecule has 0 bridgehead atoms. The largest absolute Gasteiger partial charge is 0.352 e. The van der Waals surface area contributed by atoms with Crippen molar-refractivity contribution in [1.82, 2.24) is 10.2 Å². The quantitative estimate of drug-likeness (QED) is 0.680. The first-order chi connectivity index (χ1) is 14.0. The Hall–Kier alpha value is -2.33. The molecule has 2 aromatic carbocycles. The van der Waals surface area contributed by atoms with E-state index >= 15 is 0 Å². The van der Waals surface area contributed by atoms with Crippen LogP contribution >= 0.6 is 11.6 Å². The van der Waals surface area contributed by atoms with Gasteiger partial charge < -0.3 is 10.2 Å². The number of halogens is 1. The van der Waals surface area contributed by atoms with E-state index in [9.17, 15) is 9.59 Å². The molecule has 2 amide bonds. The summed E-state index contributed by atoms with van der Waals surface area (Å²) in [5.74, 6) is -0.102. The summed E-state index contributed by atoms with van der Waals surface area (Å²) in [5, 5.41) is 3.75. The lowest BCUT2D eigenvalue weighted by atomic mass is 10.1. The second kappa shape index (κ2) is 10.4. The summed E-state index contributed by atoms with van der Waals surface area (Å²) in [7, 11) is 0. The van der Waals surface area contributed by atoms with Crippen molar-refractivity contribution < 1.29 is 9.59 Å². The van der Waals surface area contributed by atoms with Gasteiger partial charge in [0.05, 0.1) is 0 Å². The zero-order chi connectivity index (χ0) is 20.6. The molecule has 1 N–H and O–H groups in total. The van der Waals surface area contributed by atoms with Gasteiger partial charge in [0.15, 0.2) is 0 Å². The minimum atomic E-state index is -0.530. The van der Waals surface area contributed by atoms with Gasteiger partial charge in [0.25, 0.3) is 0 Å². The number of nitrogens with zero attached hydrogens (tertiary/aromatic N) is 1. The predicted octanol–water partition coefficient (Wildman–Crippen LogP) is 4.75. The Balaban J connectivity index is 1.70. The van der Waals surface area contributed by atoms with Crippen molar-refractivity contribution in [2.45, 2.75) is 64.1 Å². The average molecular weight is 413 g/mol. The molecule has 29 heavy (non-hydrogen) atoms. The zero-order valence-electron chi connectivity index (χ0n) is 16.9. The summed E-state index contributed by atoms with van der Waals surface area (Å²) < 4.78 is 0. The highest BCUT2D eigenvalue weighted by molar-refractivity contribution is 6.30. The van der Waals surface area contributed by atoms with Crippen LogP contribution in [0.2, 0.25) is 5.02 Å². The fourth-order valence-electron chi connectivity index (χ4n) is 3.85. The molecule has 1 aliphatic rings. The van der Waals surface area contributed by atoms with Crippen molar-refractivity contribution in [3.63, 3.8) is 0 Å². The maximum atomic E-state index is 13.1. The van der Waals surface area contributed by atoms with Gasteiger partial charge in [-0.1, -0.05) is 66.9 Å². The molecule has 0 heterocycles. The number of hydrogen-bond donors (Lipinski definition) is 1. The molecule has 1 fully saturated rings. The van der Waals surface area contributed by atoms with Crippen molar-refractivity contribution in [3.8, 4) is 0 Å². The van der Waals surface area contributed by atoms with Crippen LogP contribution in [0.15, 0.2) is 54.6 Å². The highest BCUT2D eigenvalue weighted by atomic mass is 35.5. The Morgan fingerprint density at radius 2 is 1.76 bits per heavy atom. The number of rotatable bonds is 8. The molecule has 3 rings (SSSR count). The molecule has 2 aromatic rings. The monoisotopic (exact) mass is 412 g/mol. The van der Waals surface area contributed by atoms with E-state index in [0.29, 0.717) is 24.4 Å². The van der Waals surface area contributed by atoms with Gasteiger partial charge >= 0.3 is 0 Å². The van der Waals surface area contributed by atoms with Crippen LogP contribution in [0.25, 0.3) is 0 Å². The fraction of sp³-hybridized carbons (Fsp3) is 0.417. The van der Waals surface area contributed by atoms with Crippen LogP contribution in [0, 0.1) is 0 Å². The van der Waals surface area contributed by atoms with E-state index in [1.165, 1.54) is 0 Å². The standard InChI is InChI=1S/C24H29ClN2O2/c1-18(24(29)26-22-12-5-6-13-22)27(17-20-10-7-11-21(25)16-20)23(28)15-14-19-8-3-2-4-9-19/h2-4,7-11,16,18,22H,5-6,12-15,17H2,1H3,(H,26,29)/t18-/m0/s1. The molecule has 154 valence electrons. The van der Waals surface area contributed by atoms with Crippen LogP contribution in [0.1, 0.15) is 50.2 Å². The third kappa shape index (κ3) is 6.33. The van der Waals surface area contributed by atoms with Gasteiger partial charge in [-0.05, 0) is 49.4 Å². The van der Waals surface area contributed by atoms with E-state index in [-0.39, 0.29) is 17.9 Å². The number of benzene rings is 2. The Labute approximate surface area is 178 Å². The van der Waals surface area contributed by atoms with E-state index in [2.05, 4.69) is 5.32 Å². The summed E-state index contributed by atoms with van der Waals surface area (Å²) in [5.41, 5.74) is 2.04. The summed E-state index contributed by atoms with van der Waals surface area (Å²) in [6.07, 6.45) is 5.38. The van der Waals surface area contributed by atoms with Crippen molar-refractivity contribution >= 4 is 23.4 Å². The van der Waals surface area contributed by atoms with E-state index in [1.54, 1.807) is 4.90 Å². The maximum Gasteiger partial charge on any atom is 0.242 e. The summed E-state index contributed by atoms with van der Waals surface area (Å²) in [4.78, 5) is 27.6. The van der Waals surface area contributed by atoms with Gasteiger partial charge in [-0.2, -0.15) is 0 Å². The molecule has 0 spiro atoms. The van der Waals surface area contributed by atoms with Crippen LogP contribution in [0.4, 0.5) is 0 Å². The molecule has 1 saturated carbocycles. The predicted molar refractivity (Wildman–Crippen MR) is 117 cm³/mol. The van der Waals surface area contributed by atoms with Gasteiger partial charge in [-0.3, -0.25) is 9.59 Å². The lowest BCUT2D eigenvalue weighted by Crippen LogP contribution is -2.49. The Kier molecular flexibility index (Phi) is 7.70. The van der Waals surface area contributed by atoms with Crippen LogP contribution < -0.4 is 5.32 Å². The number of aryl methyl sites for hydroxylation is 1. The Morgan fingerprint density at radius 1 is 1.07 bits per heavy atom. The summed E-state index contributed by atoms with van der Waals surface area (Å²) in [6, 6.07) is 17.1. The van der Waals surface area contributed by atoms with Gasteiger partial charge in [0, 0.05) is 24.0 Å². The number of nitrogens with one attached hydrogen (secondary N) is 1. The highest BCUT2D eigenvalue weighted by Gasteiger charge is 2.28. The normalized spacial score (nSPS) is 15.1. The van der Waals surface area contributed by atoms with Gasteiger partial charge in [-0.25, -0.2) is 0 Å². The van der Waals surface area contributed by atoms with Gasteiger partial charge in [0.2, 0.25) is 11.8 Å². The summed E-state index contributed by atoms with van der Waals surface area (Å²) >= 11 is 6.12. The summed E-state index contributed by atoms with van der Waals surface area (Å²) in [6.45, 7) is 2.18. The average Bonchev–Trinajstić information content (AvgIpc) is 3.23. The third-order valence-corrected chi connectivity index (χ3v) is 5.82. The minimum Gasteiger partial charge on any atom is -0.352 e. The van der Waals surface area contributed by atoms with Crippen LogP contribution in [-0.2, 0) is 22.6 Å². The van der Waals surface area contributed by atoms with Crippen LogP contribution in [0.3, 0.4) is 0 Å². The molecule has 0 aromatic heterocycles. The molecule has 0 saturated heterocycles. The molecular formula is C24H29ClN2O2. The van der Waals surface area contributed by atoms with Crippen molar-refractivity contribution in [1.29, 1.82) is 0 Å². The topological polar surface area (TPSA) is 49.4 Å². The van der Waals surface area contributed by atoms with Crippen molar-refractivity contribution in [2.24, 2.45) is 0 Å². The molecule has 0 unspecified atom stereocenters. The molecule has 1 aliphatic carbocycles. The molecule has 1 atom stereocenters. The van der Waals surface area contributed by atoms with E-state index < -0.39 is 6.04 Å². The van der Waals surface area contributed by atoms with Gasteiger partial charge in [0.1, 0.15) is 6.04 Å².